The molecule has 0 aliphatic heterocycles. The number of aryl methyl sites for hydroxylation is 2. The third kappa shape index (κ3) is 2.91. The Morgan fingerprint density at radius 1 is 1.33 bits per heavy atom. The van der Waals surface area contributed by atoms with Crippen LogP contribution in [0.1, 0.15) is 35.5 Å². The number of rotatable bonds is 4. The van der Waals surface area contributed by atoms with Gasteiger partial charge in [-0.3, -0.25) is 4.68 Å². The standard InChI is InChI=1S/C16H20N2O3/c1-9(2)21-15-11(4)10(3)6-7-12(15)14-8-13(16(19)20)17-18(14)5/h6-9H,1-5H3,(H,19,20). The molecule has 5 nitrogen and oxygen atoms in total. The minimum atomic E-state index is -1.04. The van der Waals surface area contributed by atoms with Gasteiger partial charge in [0.15, 0.2) is 5.69 Å². The van der Waals surface area contributed by atoms with Gasteiger partial charge < -0.3 is 9.84 Å². The summed E-state index contributed by atoms with van der Waals surface area (Å²) in [5.74, 6) is -0.253. The Morgan fingerprint density at radius 3 is 2.52 bits per heavy atom. The van der Waals surface area contributed by atoms with Crippen LogP contribution in [0.2, 0.25) is 0 Å². The molecule has 0 radical (unpaired) electrons. The Hall–Kier alpha value is -2.30. The number of carbonyl (C=O) groups is 1. The van der Waals surface area contributed by atoms with Crippen molar-refractivity contribution >= 4 is 5.97 Å². The molecule has 0 saturated carbocycles. The highest BCUT2D eigenvalue weighted by Crippen LogP contribution is 2.35. The molecular weight excluding hydrogens is 268 g/mol. The van der Waals surface area contributed by atoms with E-state index in [1.54, 1.807) is 17.8 Å². The molecule has 0 amide bonds. The molecule has 0 spiro atoms. The molecule has 0 unspecified atom stereocenters. The Bertz CT molecular complexity index is 687. The lowest BCUT2D eigenvalue weighted by Gasteiger charge is -2.18. The summed E-state index contributed by atoms with van der Waals surface area (Å²) in [5.41, 5.74) is 3.80. The van der Waals surface area contributed by atoms with Crippen molar-refractivity contribution in [2.75, 3.05) is 0 Å². The fraction of sp³-hybridized carbons (Fsp3) is 0.375. The molecule has 0 saturated heterocycles. The van der Waals surface area contributed by atoms with Crippen LogP contribution in [-0.4, -0.2) is 27.0 Å². The minimum Gasteiger partial charge on any atom is -0.490 e. The van der Waals surface area contributed by atoms with E-state index < -0.39 is 5.97 Å². The number of nitrogens with zero attached hydrogens (tertiary/aromatic N) is 2. The molecule has 112 valence electrons. The Labute approximate surface area is 124 Å². The molecule has 1 aromatic carbocycles. The zero-order valence-corrected chi connectivity index (χ0v) is 13.0. The Balaban J connectivity index is 2.63. The average Bonchev–Trinajstić information content (AvgIpc) is 2.77. The van der Waals surface area contributed by atoms with Crippen molar-refractivity contribution in [3.63, 3.8) is 0 Å². The summed E-state index contributed by atoms with van der Waals surface area (Å²) < 4.78 is 7.52. The fourth-order valence-electron chi connectivity index (χ4n) is 2.20. The zero-order valence-electron chi connectivity index (χ0n) is 13.0. The van der Waals surface area contributed by atoms with Crippen LogP contribution in [0.25, 0.3) is 11.3 Å². The van der Waals surface area contributed by atoms with E-state index in [9.17, 15) is 4.79 Å². The van der Waals surface area contributed by atoms with Crippen molar-refractivity contribution < 1.29 is 14.6 Å². The molecule has 5 heteroatoms. The number of benzene rings is 1. The SMILES string of the molecule is Cc1ccc(-c2cc(C(=O)O)nn2C)c(OC(C)C)c1C. The van der Waals surface area contributed by atoms with Gasteiger partial charge in [0, 0.05) is 12.6 Å². The van der Waals surface area contributed by atoms with E-state index >= 15 is 0 Å². The van der Waals surface area contributed by atoms with E-state index in [2.05, 4.69) is 5.10 Å². The molecule has 1 aromatic heterocycles. The second-order valence-corrected chi connectivity index (χ2v) is 5.39. The van der Waals surface area contributed by atoms with Crippen molar-refractivity contribution in [3.8, 4) is 17.0 Å². The highest BCUT2D eigenvalue weighted by molar-refractivity contribution is 5.87. The number of ether oxygens (including phenoxy) is 1. The van der Waals surface area contributed by atoms with Gasteiger partial charge in [0.05, 0.1) is 11.8 Å². The minimum absolute atomic E-state index is 0.0289. The van der Waals surface area contributed by atoms with Crippen molar-refractivity contribution in [3.05, 3.63) is 35.0 Å². The molecule has 0 atom stereocenters. The predicted octanol–water partition coefficient (Wildman–Crippen LogP) is 3.19. The van der Waals surface area contributed by atoms with Crippen molar-refractivity contribution in [1.29, 1.82) is 0 Å². The van der Waals surface area contributed by atoms with E-state index in [1.165, 1.54) is 0 Å². The number of aromatic nitrogens is 2. The summed E-state index contributed by atoms with van der Waals surface area (Å²) in [6.07, 6.45) is 0.0384. The summed E-state index contributed by atoms with van der Waals surface area (Å²) in [6.45, 7) is 7.97. The van der Waals surface area contributed by atoms with Crippen LogP contribution in [0.15, 0.2) is 18.2 Å². The van der Waals surface area contributed by atoms with Crippen molar-refractivity contribution in [2.24, 2.45) is 7.05 Å². The quantitative estimate of drug-likeness (QED) is 0.938. The fourth-order valence-corrected chi connectivity index (χ4v) is 2.20. The molecule has 21 heavy (non-hydrogen) atoms. The molecule has 0 aliphatic rings. The van der Waals surface area contributed by atoms with E-state index in [1.807, 2.05) is 39.8 Å². The van der Waals surface area contributed by atoms with E-state index in [-0.39, 0.29) is 11.8 Å². The van der Waals surface area contributed by atoms with E-state index in [4.69, 9.17) is 9.84 Å². The highest BCUT2D eigenvalue weighted by Gasteiger charge is 2.18. The van der Waals surface area contributed by atoms with Crippen LogP contribution in [0.5, 0.6) is 5.75 Å². The molecule has 1 N–H and O–H groups in total. The summed E-state index contributed by atoms with van der Waals surface area (Å²) in [6, 6.07) is 5.52. The van der Waals surface area contributed by atoms with Gasteiger partial charge in [0.25, 0.3) is 0 Å². The maximum absolute atomic E-state index is 11.1. The van der Waals surface area contributed by atoms with Crippen LogP contribution >= 0.6 is 0 Å². The lowest BCUT2D eigenvalue weighted by atomic mass is 10.0. The van der Waals surface area contributed by atoms with E-state index in [0.717, 1.165) is 28.1 Å². The van der Waals surface area contributed by atoms with Crippen LogP contribution < -0.4 is 4.74 Å². The maximum Gasteiger partial charge on any atom is 0.356 e. The lowest BCUT2D eigenvalue weighted by molar-refractivity contribution is 0.0689. The number of aromatic carboxylic acids is 1. The number of hydrogen-bond donors (Lipinski definition) is 1. The first kappa shape index (κ1) is 15.1. The molecule has 2 aromatic rings. The zero-order chi connectivity index (χ0) is 15.7. The van der Waals surface area contributed by atoms with Crippen LogP contribution in [-0.2, 0) is 7.05 Å². The highest BCUT2D eigenvalue weighted by atomic mass is 16.5. The van der Waals surface area contributed by atoms with Gasteiger partial charge in [0.1, 0.15) is 5.75 Å². The van der Waals surface area contributed by atoms with Crippen LogP contribution in [0, 0.1) is 13.8 Å². The van der Waals surface area contributed by atoms with Gasteiger partial charge in [-0.05, 0) is 51.0 Å². The van der Waals surface area contributed by atoms with E-state index in [0.29, 0.717) is 0 Å². The van der Waals surface area contributed by atoms with Crippen LogP contribution in [0.3, 0.4) is 0 Å². The maximum atomic E-state index is 11.1. The molecule has 0 fully saturated rings. The lowest BCUT2D eigenvalue weighted by Crippen LogP contribution is -2.09. The molecule has 0 bridgehead atoms. The summed E-state index contributed by atoms with van der Waals surface area (Å²) in [5, 5.41) is 13.1. The first-order valence-electron chi connectivity index (χ1n) is 6.85. The second kappa shape index (κ2) is 5.60. The summed E-state index contributed by atoms with van der Waals surface area (Å²) in [4.78, 5) is 11.1. The summed E-state index contributed by atoms with van der Waals surface area (Å²) in [7, 11) is 1.73. The summed E-state index contributed by atoms with van der Waals surface area (Å²) >= 11 is 0. The van der Waals surface area contributed by atoms with Gasteiger partial charge >= 0.3 is 5.97 Å². The normalized spacial score (nSPS) is 11.0. The molecular formula is C16H20N2O3. The average molecular weight is 288 g/mol. The molecule has 0 aliphatic carbocycles. The first-order chi connectivity index (χ1) is 9.81. The van der Waals surface area contributed by atoms with Crippen molar-refractivity contribution in [2.45, 2.75) is 33.8 Å². The number of carboxylic acid groups (broad SMARTS) is 1. The van der Waals surface area contributed by atoms with Gasteiger partial charge in [0.2, 0.25) is 0 Å². The number of hydrogen-bond acceptors (Lipinski definition) is 3. The predicted molar refractivity (Wildman–Crippen MR) is 80.8 cm³/mol. The largest absolute Gasteiger partial charge is 0.490 e. The van der Waals surface area contributed by atoms with Gasteiger partial charge in [-0.25, -0.2) is 4.79 Å². The molecule has 2 rings (SSSR count). The number of carboxylic acids is 1. The van der Waals surface area contributed by atoms with Gasteiger partial charge in [-0.1, -0.05) is 6.07 Å². The van der Waals surface area contributed by atoms with Gasteiger partial charge in [-0.15, -0.1) is 0 Å². The Morgan fingerprint density at radius 2 is 2.00 bits per heavy atom. The smallest absolute Gasteiger partial charge is 0.356 e. The third-order valence-corrected chi connectivity index (χ3v) is 3.41. The first-order valence-corrected chi connectivity index (χ1v) is 6.85. The Kier molecular flexibility index (Phi) is 4.02. The third-order valence-electron chi connectivity index (χ3n) is 3.41. The topological polar surface area (TPSA) is 64.3 Å². The monoisotopic (exact) mass is 288 g/mol. The van der Waals surface area contributed by atoms with Gasteiger partial charge in [-0.2, -0.15) is 5.10 Å². The second-order valence-electron chi connectivity index (χ2n) is 5.39. The molecule has 1 heterocycles. The van der Waals surface area contributed by atoms with Crippen molar-refractivity contribution in [1.82, 2.24) is 9.78 Å². The van der Waals surface area contributed by atoms with Crippen LogP contribution in [0.4, 0.5) is 0 Å².